The molecule has 1 saturated heterocycles. The maximum absolute atomic E-state index is 15.5. The Bertz CT molecular complexity index is 1850. The molecule has 4 aromatic rings. The SMILES string of the molecule is Cc1cc(C(C)NC(=O)OC(C)(C)C)c2cc(-c3nc(Nc4ccc(N5CCN(C(=O)OC(C)(C)C)CC5)cn4)ncc3F)cc(F)c2n1. The lowest BCUT2D eigenvalue weighted by atomic mass is 9.98. The number of rotatable bonds is 6. The number of halogens is 2. The van der Waals surface area contributed by atoms with Crippen LogP contribution < -0.4 is 15.5 Å². The number of benzene rings is 1. The van der Waals surface area contributed by atoms with Gasteiger partial charge in [0, 0.05) is 42.8 Å². The molecule has 2 N–H and O–H groups in total. The highest BCUT2D eigenvalue weighted by atomic mass is 19.1. The van der Waals surface area contributed by atoms with Crippen LogP contribution in [-0.4, -0.2) is 74.4 Å². The van der Waals surface area contributed by atoms with E-state index in [1.54, 1.807) is 63.9 Å². The molecule has 1 atom stereocenters. The van der Waals surface area contributed by atoms with E-state index < -0.39 is 35.0 Å². The van der Waals surface area contributed by atoms with Gasteiger partial charge in [-0.3, -0.25) is 4.98 Å². The Labute approximate surface area is 284 Å². The molecule has 260 valence electrons. The van der Waals surface area contributed by atoms with Crippen LogP contribution >= 0.6 is 0 Å². The first kappa shape index (κ1) is 35.2. The molecule has 0 spiro atoms. The quantitative estimate of drug-likeness (QED) is 0.219. The summed E-state index contributed by atoms with van der Waals surface area (Å²) in [5.74, 6) is -0.939. The number of ether oxygens (including phenoxy) is 2. The molecule has 0 bridgehead atoms. The lowest BCUT2D eigenvalue weighted by Crippen LogP contribution is -2.50. The van der Waals surface area contributed by atoms with E-state index >= 15 is 8.78 Å². The predicted molar refractivity (Wildman–Crippen MR) is 183 cm³/mol. The van der Waals surface area contributed by atoms with Crippen LogP contribution in [0.25, 0.3) is 22.2 Å². The average molecular weight is 677 g/mol. The van der Waals surface area contributed by atoms with Crippen molar-refractivity contribution in [2.24, 2.45) is 0 Å². The maximum Gasteiger partial charge on any atom is 0.410 e. The molecule has 1 aliphatic rings. The number of carbonyl (C=O) groups excluding carboxylic acids is 2. The van der Waals surface area contributed by atoms with Crippen LogP contribution in [0.15, 0.2) is 42.7 Å². The molecular weight excluding hydrogens is 634 g/mol. The Morgan fingerprint density at radius 1 is 0.878 bits per heavy atom. The average Bonchev–Trinajstić information content (AvgIpc) is 3.00. The highest BCUT2D eigenvalue weighted by molar-refractivity contribution is 5.88. The van der Waals surface area contributed by atoms with Gasteiger partial charge in [-0.05, 0) is 91.3 Å². The fourth-order valence-electron chi connectivity index (χ4n) is 5.37. The van der Waals surface area contributed by atoms with E-state index in [0.29, 0.717) is 48.6 Å². The Morgan fingerprint density at radius 2 is 1.57 bits per heavy atom. The number of anilines is 3. The number of amides is 2. The maximum atomic E-state index is 15.5. The zero-order valence-electron chi connectivity index (χ0n) is 29.0. The van der Waals surface area contributed by atoms with Crippen molar-refractivity contribution in [1.82, 2.24) is 30.2 Å². The second-order valence-electron chi connectivity index (χ2n) is 13.9. The largest absolute Gasteiger partial charge is 0.444 e. The summed E-state index contributed by atoms with van der Waals surface area (Å²) in [6.45, 7) is 16.6. The number of aryl methyl sites for hydroxylation is 1. The molecule has 1 unspecified atom stereocenters. The van der Waals surface area contributed by atoms with Crippen molar-refractivity contribution >= 4 is 40.5 Å². The Kier molecular flexibility index (Phi) is 9.88. The number of piperazine rings is 1. The van der Waals surface area contributed by atoms with Gasteiger partial charge in [-0.1, -0.05) is 0 Å². The van der Waals surface area contributed by atoms with E-state index in [1.807, 2.05) is 26.8 Å². The third kappa shape index (κ3) is 8.86. The minimum Gasteiger partial charge on any atom is -0.444 e. The van der Waals surface area contributed by atoms with Gasteiger partial charge in [0.15, 0.2) is 5.82 Å². The molecular formula is C35H42F2N8O4. The lowest BCUT2D eigenvalue weighted by molar-refractivity contribution is 0.0240. The van der Waals surface area contributed by atoms with Crippen molar-refractivity contribution in [2.45, 2.75) is 72.6 Å². The van der Waals surface area contributed by atoms with Crippen LogP contribution in [0.3, 0.4) is 0 Å². The number of hydrogen-bond acceptors (Lipinski definition) is 10. The third-order valence-corrected chi connectivity index (χ3v) is 7.53. The third-order valence-electron chi connectivity index (χ3n) is 7.53. The summed E-state index contributed by atoms with van der Waals surface area (Å²) in [6, 6.07) is 7.56. The molecule has 12 nitrogen and oxygen atoms in total. The molecule has 4 heterocycles. The monoisotopic (exact) mass is 676 g/mol. The molecule has 2 amide bonds. The molecule has 0 saturated carbocycles. The molecule has 49 heavy (non-hydrogen) atoms. The molecule has 5 rings (SSSR count). The van der Waals surface area contributed by atoms with Gasteiger partial charge >= 0.3 is 12.2 Å². The number of aromatic nitrogens is 4. The van der Waals surface area contributed by atoms with Crippen molar-refractivity contribution in [3.8, 4) is 11.3 Å². The lowest BCUT2D eigenvalue weighted by Gasteiger charge is -2.36. The highest BCUT2D eigenvalue weighted by Crippen LogP contribution is 2.32. The standard InChI is InChI=1S/C35H42F2N8O4/c1-20-15-24(21(2)41-32(46)48-34(3,4)5)25-16-22(17-26(36)30(25)40-20)29-27(37)19-39-31(43-29)42-28-10-9-23(18-38-28)44-11-13-45(14-12-44)33(47)49-35(6,7)8/h9-10,15-19,21H,11-14H2,1-8H3,(H,41,46)(H,38,39,42,43). The molecule has 1 aliphatic heterocycles. The van der Waals surface area contributed by atoms with Gasteiger partial charge in [0.1, 0.15) is 34.0 Å². The molecule has 14 heteroatoms. The summed E-state index contributed by atoms with van der Waals surface area (Å²) in [4.78, 5) is 46.0. The number of pyridine rings is 2. The van der Waals surface area contributed by atoms with Crippen molar-refractivity contribution in [3.05, 3.63) is 65.6 Å². The van der Waals surface area contributed by atoms with Gasteiger partial charge in [-0.15, -0.1) is 0 Å². The van der Waals surface area contributed by atoms with Crippen LogP contribution in [-0.2, 0) is 9.47 Å². The smallest absolute Gasteiger partial charge is 0.410 e. The number of nitrogens with zero attached hydrogens (tertiary/aromatic N) is 6. The highest BCUT2D eigenvalue weighted by Gasteiger charge is 2.26. The molecule has 0 aliphatic carbocycles. The zero-order chi connectivity index (χ0) is 35.7. The van der Waals surface area contributed by atoms with Crippen molar-refractivity contribution < 1.29 is 27.8 Å². The number of nitrogens with one attached hydrogen (secondary N) is 2. The van der Waals surface area contributed by atoms with Crippen molar-refractivity contribution in [1.29, 1.82) is 0 Å². The van der Waals surface area contributed by atoms with Crippen molar-refractivity contribution in [3.63, 3.8) is 0 Å². The van der Waals surface area contributed by atoms with Crippen LogP contribution in [0.4, 0.5) is 35.8 Å². The van der Waals surface area contributed by atoms with E-state index in [4.69, 9.17) is 9.47 Å². The van der Waals surface area contributed by atoms with Gasteiger partial charge in [0.25, 0.3) is 0 Å². The van der Waals surface area contributed by atoms with Crippen LogP contribution in [0, 0.1) is 18.6 Å². The van der Waals surface area contributed by atoms with E-state index in [9.17, 15) is 9.59 Å². The van der Waals surface area contributed by atoms with E-state index in [-0.39, 0.29) is 28.8 Å². The summed E-state index contributed by atoms with van der Waals surface area (Å²) < 4.78 is 41.6. The van der Waals surface area contributed by atoms with Crippen LogP contribution in [0.5, 0.6) is 0 Å². The van der Waals surface area contributed by atoms with Crippen LogP contribution in [0.1, 0.15) is 65.8 Å². The number of carbonyl (C=O) groups is 2. The molecule has 3 aromatic heterocycles. The van der Waals surface area contributed by atoms with E-state index in [2.05, 4.69) is 35.5 Å². The Morgan fingerprint density at radius 3 is 2.20 bits per heavy atom. The van der Waals surface area contributed by atoms with Gasteiger partial charge in [-0.25, -0.2) is 33.3 Å². The summed E-state index contributed by atoms with van der Waals surface area (Å²) in [5.41, 5.74) is 0.869. The minimum absolute atomic E-state index is 0.0605. The first-order valence-corrected chi connectivity index (χ1v) is 16.0. The number of alkyl carbamates (subject to hydrolysis) is 1. The summed E-state index contributed by atoms with van der Waals surface area (Å²) in [7, 11) is 0. The minimum atomic E-state index is -0.750. The Balaban J connectivity index is 1.33. The first-order chi connectivity index (χ1) is 23.0. The normalized spacial score (nSPS) is 14.4. The number of hydrogen-bond donors (Lipinski definition) is 2. The van der Waals surface area contributed by atoms with Gasteiger partial charge in [0.2, 0.25) is 5.95 Å². The summed E-state index contributed by atoms with van der Waals surface area (Å²) in [6.07, 6.45) is 1.75. The summed E-state index contributed by atoms with van der Waals surface area (Å²) in [5, 5.41) is 6.16. The fraction of sp³-hybridized carbons (Fsp3) is 0.429. The fourth-order valence-corrected chi connectivity index (χ4v) is 5.37. The Hall–Kier alpha value is -5.14. The molecule has 1 aromatic carbocycles. The second-order valence-corrected chi connectivity index (χ2v) is 13.9. The number of fused-ring (bicyclic) bond motifs is 1. The van der Waals surface area contributed by atoms with Gasteiger partial charge in [0.05, 0.1) is 24.1 Å². The topological polar surface area (TPSA) is 135 Å². The van der Waals surface area contributed by atoms with E-state index in [0.717, 1.165) is 11.9 Å². The predicted octanol–water partition coefficient (Wildman–Crippen LogP) is 7.06. The van der Waals surface area contributed by atoms with Gasteiger partial charge < -0.3 is 29.9 Å². The molecule has 0 radical (unpaired) electrons. The van der Waals surface area contributed by atoms with Crippen molar-refractivity contribution in [2.75, 3.05) is 36.4 Å². The molecule has 1 fully saturated rings. The van der Waals surface area contributed by atoms with Gasteiger partial charge in [-0.2, -0.15) is 0 Å². The van der Waals surface area contributed by atoms with Crippen LogP contribution in [0.2, 0.25) is 0 Å². The second kappa shape index (κ2) is 13.8. The summed E-state index contributed by atoms with van der Waals surface area (Å²) >= 11 is 0. The first-order valence-electron chi connectivity index (χ1n) is 16.0. The van der Waals surface area contributed by atoms with E-state index in [1.165, 1.54) is 6.07 Å². The zero-order valence-corrected chi connectivity index (χ0v) is 29.0.